The van der Waals surface area contributed by atoms with Crippen LogP contribution in [-0.2, 0) is 21.4 Å². The second-order valence-corrected chi connectivity index (χ2v) is 13.3. The number of carbonyl (C=O) groups is 1. The third-order valence-electron chi connectivity index (χ3n) is 8.32. The lowest BCUT2D eigenvalue weighted by Crippen LogP contribution is -2.14. The SMILES string of the molecule is CCCCCCCCCCCCCCCCCC(=O)OCCCc1cc(-n2nc3ccccc3n2)c(O)c(C(C)(C)C)c1. The summed E-state index contributed by atoms with van der Waals surface area (Å²) in [7, 11) is 0. The summed E-state index contributed by atoms with van der Waals surface area (Å²) >= 11 is 0. The highest BCUT2D eigenvalue weighted by molar-refractivity contribution is 5.74. The average Bonchev–Trinajstić information content (AvgIpc) is 3.41. The maximum Gasteiger partial charge on any atom is 0.305 e. The topological polar surface area (TPSA) is 77.2 Å². The maximum absolute atomic E-state index is 12.3. The van der Waals surface area contributed by atoms with E-state index in [0.29, 0.717) is 18.7 Å². The van der Waals surface area contributed by atoms with Gasteiger partial charge in [0.1, 0.15) is 22.5 Å². The number of benzene rings is 2. The molecule has 3 rings (SSSR count). The predicted molar refractivity (Wildman–Crippen MR) is 178 cm³/mol. The number of fused-ring (bicyclic) bond motifs is 1. The van der Waals surface area contributed by atoms with Crippen LogP contribution in [0.5, 0.6) is 5.75 Å². The Labute approximate surface area is 260 Å². The summed E-state index contributed by atoms with van der Waals surface area (Å²) in [5.74, 6) is 0.107. The van der Waals surface area contributed by atoms with Crippen molar-refractivity contribution in [2.24, 2.45) is 0 Å². The summed E-state index contributed by atoms with van der Waals surface area (Å²) in [4.78, 5) is 13.8. The molecule has 1 N–H and O–H groups in total. The first-order chi connectivity index (χ1) is 20.8. The average molecular weight is 592 g/mol. The summed E-state index contributed by atoms with van der Waals surface area (Å²) < 4.78 is 5.54. The number of phenols is 1. The number of esters is 1. The minimum Gasteiger partial charge on any atom is -0.505 e. The smallest absolute Gasteiger partial charge is 0.305 e. The number of ether oxygens (including phenoxy) is 1. The van der Waals surface area contributed by atoms with E-state index in [-0.39, 0.29) is 17.1 Å². The van der Waals surface area contributed by atoms with Crippen LogP contribution in [0.2, 0.25) is 0 Å². The van der Waals surface area contributed by atoms with Gasteiger partial charge in [-0.2, -0.15) is 0 Å². The van der Waals surface area contributed by atoms with E-state index >= 15 is 0 Å². The second kappa shape index (κ2) is 18.7. The Morgan fingerprint density at radius 2 is 1.28 bits per heavy atom. The third-order valence-corrected chi connectivity index (χ3v) is 8.32. The molecule has 6 nitrogen and oxygen atoms in total. The molecule has 1 aromatic heterocycles. The van der Waals surface area contributed by atoms with Crippen LogP contribution in [0, 0.1) is 0 Å². The van der Waals surface area contributed by atoms with Crippen LogP contribution in [0.4, 0.5) is 0 Å². The fraction of sp³-hybridized carbons (Fsp3) is 0.649. The Balaban J connectivity index is 1.30. The molecule has 1 heterocycles. The zero-order chi connectivity index (χ0) is 30.9. The molecule has 2 aromatic carbocycles. The van der Waals surface area contributed by atoms with E-state index in [0.717, 1.165) is 47.8 Å². The molecule has 0 radical (unpaired) electrons. The van der Waals surface area contributed by atoms with Gasteiger partial charge >= 0.3 is 5.97 Å². The van der Waals surface area contributed by atoms with Crippen molar-refractivity contribution in [2.75, 3.05) is 6.61 Å². The summed E-state index contributed by atoms with van der Waals surface area (Å²) in [5, 5.41) is 20.3. The fourth-order valence-corrected chi connectivity index (χ4v) is 5.69. The van der Waals surface area contributed by atoms with Crippen LogP contribution >= 0.6 is 0 Å². The van der Waals surface area contributed by atoms with Gasteiger partial charge in [-0.1, -0.05) is 136 Å². The van der Waals surface area contributed by atoms with Crippen LogP contribution in [0.25, 0.3) is 16.7 Å². The first kappa shape index (κ1) is 34.6. The number of hydrogen-bond donors (Lipinski definition) is 1. The highest BCUT2D eigenvalue weighted by Crippen LogP contribution is 2.36. The molecule has 0 fully saturated rings. The molecule has 0 spiro atoms. The number of phenolic OH excluding ortho intramolecular Hbond substituents is 1. The predicted octanol–water partition coefficient (Wildman–Crippen LogP) is 10.2. The van der Waals surface area contributed by atoms with Gasteiger partial charge in [-0.15, -0.1) is 15.0 Å². The molecule has 3 aromatic rings. The monoisotopic (exact) mass is 591 g/mol. The van der Waals surface area contributed by atoms with Gasteiger partial charge in [0.05, 0.1) is 6.61 Å². The summed E-state index contributed by atoms with van der Waals surface area (Å²) in [6.45, 7) is 8.94. The number of hydrogen-bond acceptors (Lipinski definition) is 5. The zero-order valence-corrected chi connectivity index (χ0v) is 27.5. The molecule has 0 atom stereocenters. The fourth-order valence-electron chi connectivity index (χ4n) is 5.69. The summed E-state index contributed by atoms with van der Waals surface area (Å²) in [6, 6.07) is 11.7. The van der Waals surface area contributed by atoms with E-state index in [1.807, 2.05) is 30.3 Å². The minimum atomic E-state index is -0.249. The van der Waals surface area contributed by atoms with Gasteiger partial charge in [-0.05, 0) is 48.4 Å². The summed E-state index contributed by atoms with van der Waals surface area (Å²) in [5.41, 5.74) is 3.81. The number of aryl methyl sites for hydroxylation is 1. The number of aromatic nitrogens is 3. The molecule has 0 amide bonds. The van der Waals surface area contributed by atoms with Crippen LogP contribution in [-0.4, -0.2) is 32.7 Å². The Morgan fingerprint density at radius 1 is 0.767 bits per heavy atom. The van der Waals surface area contributed by atoms with Crippen LogP contribution < -0.4 is 0 Å². The maximum atomic E-state index is 12.3. The van der Waals surface area contributed by atoms with E-state index < -0.39 is 0 Å². The molecule has 0 aliphatic carbocycles. The van der Waals surface area contributed by atoms with E-state index in [1.54, 1.807) is 0 Å². The number of rotatable bonds is 21. The van der Waals surface area contributed by atoms with Gasteiger partial charge in [-0.25, -0.2) is 0 Å². The van der Waals surface area contributed by atoms with Gasteiger partial charge in [0.2, 0.25) is 0 Å². The van der Waals surface area contributed by atoms with Crippen LogP contribution in [0.1, 0.15) is 148 Å². The van der Waals surface area contributed by atoms with E-state index in [9.17, 15) is 9.90 Å². The van der Waals surface area contributed by atoms with Gasteiger partial charge in [0, 0.05) is 12.0 Å². The molecule has 0 bridgehead atoms. The quantitative estimate of drug-likeness (QED) is 0.0985. The molecular formula is C37H57N3O3. The lowest BCUT2D eigenvalue weighted by atomic mass is 9.84. The van der Waals surface area contributed by atoms with Crippen molar-refractivity contribution in [2.45, 2.75) is 149 Å². The molecular weight excluding hydrogens is 534 g/mol. The van der Waals surface area contributed by atoms with Crippen LogP contribution in [0.3, 0.4) is 0 Å². The molecule has 43 heavy (non-hydrogen) atoms. The standard InChI is InChI=1S/C37H57N3O3/c1-5-6-7-8-9-10-11-12-13-14-15-16-17-18-19-26-35(41)43-27-22-23-30-28-31(37(2,3)4)36(42)34(29-30)40-38-32-24-20-21-25-33(32)39-40/h20-21,24-25,28-29,42H,5-19,22-23,26-27H2,1-4H3. The summed E-state index contributed by atoms with van der Waals surface area (Å²) in [6.07, 6.45) is 21.7. The Bertz CT molecular complexity index is 1190. The number of aromatic hydroxyl groups is 1. The number of nitrogens with zero attached hydrogens (tertiary/aromatic N) is 3. The Kier molecular flexibility index (Phi) is 15.0. The normalized spacial score (nSPS) is 11.8. The molecule has 0 aliphatic rings. The molecule has 0 saturated carbocycles. The zero-order valence-electron chi connectivity index (χ0n) is 27.5. The highest BCUT2D eigenvalue weighted by Gasteiger charge is 2.23. The van der Waals surface area contributed by atoms with E-state index in [2.05, 4.69) is 44.0 Å². The number of unbranched alkanes of at least 4 members (excludes halogenated alkanes) is 14. The molecule has 0 aliphatic heterocycles. The molecule has 238 valence electrons. The van der Waals surface area contributed by atoms with Crippen molar-refractivity contribution in [3.05, 3.63) is 47.5 Å². The van der Waals surface area contributed by atoms with Gasteiger partial charge in [0.15, 0.2) is 0 Å². The van der Waals surface area contributed by atoms with Crippen molar-refractivity contribution in [1.82, 2.24) is 15.0 Å². The second-order valence-electron chi connectivity index (χ2n) is 13.3. The molecule has 6 heteroatoms. The van der Waals surface area contributed by atoms with Crippen molar-refractivity contribution >= 4 is 17.0 Å². The van der Waals surface area contributed by atoms with Crippen molar-refractivity contribution in [3.8, 4) is 11.4 Å². The minimum absolute atomic E-state index is 0.0936. The Hall–Kier alpha value is -2.89. The third kappa shape index (κ3) is 12.3. The lowest BCUT2D eigenvalue weighted by molar-refractivity contribution is -0.143. The van der Waals surface area contributed by atoms with Crippen molar-refractivity contribution in [3.63, 3.8) is 0 Å². The molecule has 0 unspecified atom stereocenters. The van der Waals surface area contributed by atoms with Crippen molar-refractivity contribution in [1.29, 1.82) is 0 Å². The largest absolute Gasteiger partial charge is 0.505 e. The van der Waals surface area contributed by atoms with Crippen LogP contribution in [0.15, 0.2) is 36.4 Å². The highest BCUT2D eigenvalue weighted by atomic mass is 16.5. The van der Waals surface area contributed by atoms with Gasteiger partial charge in [0.25, 0.3) is 0 Å². The van der Waals surface area contributed by atoms with E-state index in [4.69, 9.17) is 4.74 Å². The first-order valence-corrected chi connectivity index (χ1v) is 17.1. The first-order valence-electron chi connectivity index (χ1n) is 17.1. The van der Waals surface area contributed by atoms with Gasteiger partial charge < -0.3 is 9.84 Å². The van der Waals surface area contributed by atoms with E-state index in [1.165, 1.54) is 88.3 Å². The number of carbonyl (C=O) groups excluding carboxylic acids is 1. The lowest BCUT2D eigenvalue weighted by Gasteiger charge is -2.23. The van der Waals surface area contributed by atoms with Crippen molar-refractivity contribution < 1.29 is 14.6 Å². The Morgan fingerprint density at radius 3 is 1.79 bits per heavy atom. The molecule has 0 saturated heterocycles. The van der Waals surface area contributed by atoms with Gasteiger partial charge in [-0.3, -0.25) is 4.79 Å².